The lowest BCUT2D eigenvalue weighted by Gasteiger charge is -2.27. The Kier molecular flexibility index (Phi) is 6.73. The fourth-order valence-electron chi connectivity index (χ4n) is 3.56. The monoisotopic (exact) mass is 444 g/mol. The maximum Gasteiger partial charge on any atom is 0.263 e. The second-order valence-electron chi connectivity index (χ2n) is 8.44. The van der Waals surface area contributed by atoms with Gasteiger partial charge < -0.3 is 5.32 Å². The van der Waals surface area contributed by atoms with Crippen LogP contribution in [0.4, 0.5) is 0 Å². The number of thiophene rings is 1. The molecule has 6 nitrogen and oxygen atoms in total. The number of allylic oxidation sites excluding steroid dienone is 1. The van der Waals surface area contributed by atoms with Gasteiger partial charge in [0, 0.05) is 11.4 Å². The molecule has 1 aliphatic rings. The Balaban J connectivity index is 1.91. The van der Waals surface area contributed by atoms with E-state index in [2.05, 4.69) is 24.9 Å². The first-order valence-electron chi connectivity index (χ1n) is 10.2. The molecule has 160 valence electrons. The van der Waals surface area contributed by atoms with Gasteiger partial charge in [-0.15, -0.1) is 17.9 Å². The summed E-state index contributed by atoms with van der Waals surface area (Å²) in [7, 11) is 0. The number of carbonyl (C=O) groups is 1. The van der Waals surface area contributed by atoms with Gasteiger partial charge in [-0.2, -0.15) is 5.26 Å². The van der Waals surface area contributed by atoms with Gasteiger partial charge in [0.1, 0.15) is 10.4 Å². The fourth-order valence-corrected chi connectivity index (χ4v) is 5.79. The summed E-state index contributed by atoms with van der Waals surface area (Å²) in [5, 5.41) is 13.5. The molecule has 2 aromatic rings. The molecule has 0 saturated heterocycles. The second-order valence-corrected chi connectivity index (χ2v) is 10.5. The van der Waals surface area contributed by atoms with Gasteiger partial charge in [-0.3, -0.25) is 14.2 Å². The average Bonchev–Trinajstić information content (AvgIpc) is 3.05. The van der Waals surface area contributed by atoms with E-state index in [0.29, 0.717) is 17.6 Å². The highest BCUT2D eigenvalue weighted by atomic mass is 32.2. The number of nitriles is 1. The van der Waals surface area contributed by atoms with Crippen molar-refractivity contribution in [2.45, 2.75) is 64.2 Å². The molecular formula is C22H28N4O2S2. The third-order valence-electron chi connectivity index (χ3n) is 5.81. The Labute approximate surface area is 185 Å². The molecule has 2 atom stereocenters. The van der Waals surface area contributed by atoms with E-state index in [4.69, 9.17) is 4.98 Å². The molecule has 0 saturated carbocycles. The number of hydrogen-bond acceptors (Lipinski definition) is 6. The highest BCUT2D eigenvalue weighted by Crippen LogP contribution is 2.36. The van der Waals surface area contributed by atoms with Crippen LogP contribution in [-0.2, 0) is 24.2 Å². The predicted molar refractivity (Wildman–Crippen MR) is 123 cm³/mol. The van der Waals surface area contributed by atoms with Crippen molar-refractivity contribution in [3.63, 3.8) is 0 Å². The Hall–Kier alpha value is -2.11. The van der Waals surface area contributed by atoms with Crippen LogP contribution in [0.1, 0.15) is 44.6 Å². The SMILES string of the molecule is C=CCn1c(SCC(=O)N[C@@](C)(C#N)C(C)C)nc2sc3c(c2c1=O)CC[C@H](C)C3. The highest BCUT2D eigenvalue weighted by Gasteiger charge is 2.30. The number of nitrogens with zero attached hydrogens (tertiary/aromatic N) is 3. The Morgan fingerprint density at radius 2 is 2.30 bits per heavy atom. The minimum atomic E-state index is -0.931. The van der Waals surface area contributed by atoms with Gasteiger partial charge in [-0.1, -0.05) is 38.6 Å². The summed E-state index contributed by atoms with van der Waals surface area (Å²) in [5.41, 5.74) is 0.164. The van der Waals surface area contributed by atoms with Gasteiger partial charge in [0.05, 0.1) is 17.2 Å². The van der Waals surface area contributed by atoms with Crippen LogP contribution < -0.4 is 10.9 Å². The molecule has 0 unspecified atom stereocenters. The number of thioether (sulfide) groups is 1. The minimum Gasteiger partial charge on any atom is -0.337 e. The highest BCUT2D eigenvalue weighted by molar-refractivity contribution is 7.99. The lowest BCUT2D eigenvalue weighted by atomic mass is 9.89. The number of aryl methyl sites for hydroxylation is 1. The third-order valence-corrected chi connectivity index (χ3v) is 7.93. The fraction of sp³-hybridized carbons (Fsp3) is 0.545. The lowest BCUT2D eigenvalue weighted by molar-refractivity contribution is -0.120. The lowest BCUT2D eigenvalue weighted by Crippen LogP contribution is -2.49. The molecule has 2 aromatic heterocycles. The zero-order chi connectivity index (χ0) is 22.1. The second kappa shape index (κ2) is 8.94. The number of fused-ring (bicyclic) bond motifs is 3. The minimum absolute atomic E-state index is 0.0234. The largest absolute Gasteiger partial charge is 0.337 e. The van der Waals surface area contributed by atoms with Crippen molar-refractivity contribution in [2.75, 3.05) is 5.75 Å². The van der Waals surface area contributed by atoms with E-state index in [-0.39, 0.29) is 23.1 Å². The Bertz CT molecular complexity index is 1080. The van der Waals surface area contributed by atoms with Crippen molar-refractivity contribution in [2.24, 2.45) is 11.8 Å². The molecular weight excluding hydrogens is 416 g/mol. The summed E-state index contributed by atoms with van der Waals surface area (Å²) in [6.45, 7) is 11.9. The zero-order valence-corrected chi connectivity index (χ0v) is 19.6. The van der Waals surface area contributed by atoms with Gasteiger partial charge in [-0.05, 0) is 43.6 Å². The maximum absolute atomic E-state index is 13.3. The quantitative estimate of drug-likeness (QED) is 0.397. The molecule has 0 aliphatic heterocycles. The number of aromatic nitrogens is 2. The number of carbonyl (C=O) groups excluding carboxylic acids is 1. The van der Waals surface area contributed by atoms with E-state index in [1.165, 1.54) is 16.6 Å². The van der Waals surface area contributed by atoms with Crippen LogP contribution in [0, 0.1) is 23.2 Å². The topological polar surface area (TPSA) is 87.8 Å². The summed E-state index contributed by atoms with van der Waals surface area (Å²) in [6, 6.07) is 2.18. The number of nitrogens with one attached hydrogen (secondary N) is 1. The van der Waals surface area contributed by atoms with Crippen LogP contribution in [-0.4, -0.2) is 26.8 Å². The number of hydrogen-bond donors (Lipinski definition) is 1. The molecule has 0 bridgehead atoms. The van der Waals surface area contributed by atoms with Crippen molar-refractivity contribution in [3.05, 3.63) is 33.4 Å². The maximum atomic E-state index is 13.3. The molecule has 0 fully saturated rings. The van der Waals surface area contributed by atoms with Gasteiger partial charge in [0.2, 0.25) is 5.91 Å². The van der Waals surface area contributed by atoms with E-state index in [1.54, 1.807) is 28.9 Å². The van der Waals surface area contributed by atoms with Crippen LogP contribution in [0.5, 0.6) is 0 Å². The molecule has 1 N–H and O–H groups in total. The molecule has 2 heterocycles. The number of amides is 1. The summed E-state index contributed by atoms with van der Waals surface area (Å²) in [6.07, 6.45) is 4.66. The van der Waals surface area contributed by atoms with E-state index in [9.17, 15) is 14.9 Å². The third kappa shape index (κ3) is 4.33. The van der Waals surface area contributed by atoms with Gasteiger partial charge >= 0.3 is 0 Å². The van der Waals surface area contributed by atoms with E-state index in [0.717, 1.165) is 35.0 Å². The van der Waals surface area contributed by atoms with Crippen molar-refractivity contribution in [1.82, 2.24) is 14.9 Å². The molecule has 0 radical (unpaired) electrons. The first-order chi connectivity index (χ1) is 14.2. The van der Waals surface area contributed by atoms with Crippen molar-refractivity contribution in [1.29, 1.82) is 5.26 Å². The normalized spacial score (nSPS) is 17.9. The molecule has 30 heavy (non-hydrogen) atoms. The van der Waals surface area contributed by atoms with Gasteiger partial charge in [-0.25, -0.2) is 4.98 Å². The predicted octanol–water partition coefficient (Wildman–Crippen LogP) is 3.92. The first-order valence-corrected chi connectivity index (χ1v) is 12.0. The number of rotatable bonds is 7. The van der Waals surface area contributed by atoms with Crippen LogP contribution in [0.15, 0.2) is 22.6 Å². The zero-order valence-electron chi connectivity index (χ0n) is 17.9. The summed E-state index contributed by atoms with van der Waals surface area (Å²) >= 11 is 2.83. The standard InChI is InChI=1S/C22H28N4O2S2/c1-6-9-26-20(28)18-15-8-7-14(4)10-16(15)30-19(18)24-21(26)29-11-17(27)25-22(5,12-23)13(2)3/h6,13-14H,1,7-11H2,2-5H3,(H,25,27)/t14-,22-/m0/s1. The van der Waals surface area contributed by atoms with Crippen molar-refractivity contribution < 1.29 is 4.79 Å². The average molecular weight is 445 g/mol. The summed E-state index contributed by atoms with van der Waals surface area (Å²) in [4.78, 5) is 32.6. The van der Waals surface area contributed by atoms with Crippen molar-refractivity contribution in [3.8, 4) is 6.07 Å². The smallest absolute Gasteiger partial charge is 0.263 e. The van der Waals surface area contributed by atoms with E-state index in [1.807, 2.05) is 13.8 Å². The molecule has 8 heteroatoms. The van der Waals surface area contributed by atoms with Gasteiger partial charge in [0.15, 0.2) is 5.16 Å². The molecule has 3 rings (SSSR count). The molecule has 0 spiro atoms. The van der Waals surface area contributed by atoms with Crippen LogP contribution >= 0.6 is 23.1 Å². The summed E-state index contributed by atoms with van der Waals surface area (Å²) in [5.74, 6) is 0.427. The van der Waals surface area contributed by atoms with Crippen molar-refractivity contribution >= 4 is 39.2 Å². The van der Waals surface area contributed by atoms with Gasteiger partial charge in [0.25, 0.3) is 5.56 Å². The van der Waals surface area contributed by atoms with Crippen LogP contribution in [0.3, 0.4) is 0 Å². The first kappa shape index (κ1) is 22.6. The summed E-state index contributed by atoms with van der Waals surface area (Å²) < 4.78 is 1.60. The molecule has 0 aromatic carbocycles. The molecule has 1 amide bonds. The van der Waals surface area contributed by atoms with Crippen LogP contribution in [0.25, 0.3) is 10.2 Å². The molecule has 1 aliphatic carbocycles. The van der Waals surface area contributed by atoms with Crippen LogP contribution in [0.2, 0.25) is 0 Å². The Morgan fingerprint density at radius 3 is 2.93 bits per heavy atom. The Morgan fingerprint density at radius 1 is 1.57 bits per heavy atom. The van der Waals surface area contributed by atoms with E-state index < -0.39 is 5.54 Å². The van der Waals surface area contributed by atoms with E-state index >= 15 is 0 Å².